The summed E-state index contributed by atoms with van der Waals surface area (Å²) in [5.74, 6) is 0.625. The highest BCUT2D eigenvalue weighted by Crippen LogP contribution is 2.22. The molecule has 0 fully saturated rings. The van der Waals surface area contributed by atoms with Gasteiger partial charge in [0.05, 0.1) is 4.47 Å². The zero-order valence-corrected chi connectivity index (χ0v) is 11.9. The van der Waals surface area contributed by atoms with Crippen LogP contribution < -0.4 is 0 Å². The Balaban J connectivity index is 1.80. The molecule has 0 amide bonds. The van der Waals surface area contributed by atoms with E-state index in [9.17, 15) is 0 Å². The molecule has 3 aromatic rings. The lowest BCUT2D eigenvalue weighted by Crippen LogP contribution is -1.86. The van der Waals surface area contributed by atoms with Gasteiger partial charge >= 0.3 is 0 Å². The van der Waals surface area contributed by atoms with Crippen molar-refractivity contribution in [2.75, 3.05) is 0 Å². The highest BCUT2D eigenvalue weighted by atomic mass is 79.9. The fourth-order valence-electron chi connectivity index (χ4n) is 1.34. The van der Waals surface area contributed by atoms with Gasteiger partial charge in [0, 0.05) is 18.6 Å². The lowest BCUT2D eigenvalue weighted by Gasteiger charge is -1.94. The highest BCUT2D eigenvalue weighted by Gasteiger charge is 2.09. The second-order valence-electron chi connectivity index (χ2n) is 3.47. The standard InChI is InChI=1S/C11H7BrN6S/c12-7-5-14-10(15-6-7)19-11-16-9(17-18-11)8-3-1-2-4-13-8/h1-6H,(H,16,17,18). The highest BCUT2D eigenvalue weighted by molar-refractivity contribution is 9.10. The van der Waals surface area contributed by atoms with Crippen molar-refractivity contribution in [3.8, 4) is 11.5 Å². The Morgan fingerprint density at radius 3 is 2.63 bits per heavy atom. The third-order valence-electron chi connectivity index (χ3n) is 2.15. The van der Waals surface area contributed by atoms with Crippen molar-refractivity contribution in [1.82, 2.24) is 30.1 Å². The largest absolute Gasteiger partial charge is 0.257 e. The van der Waals surface area contributed by atoms with Gasteiger partial charge in [0.2, 0.25) is 5.16 Å². The molecule has 0 aromatic carbocycles. The van der Waals surface area contributed by atoms with Crippen LogP contribution in [0.5, 0.6) is 0 Å². The molecule has 0 atom stereocenters. The van der Waals surface area contributed by atoms with Gasteiger partial charge in [-0.25, -0.2) is 9.97 Å². The summed E-state index contributed by atoms with van der Waals surface area (Å²) in [5, 5.41) is 8.10. The number of rotatable bonds is 3. The van der Waals surface area contributed by atoms with E-state index in [0.29, 0.717) is 16.1 Å². The Hall–Kier alpha value is -1.80. The van der Waals surface area contributed by atoms with E-state index in [-0.39, 0.29) is 0 Å². The first-order chi connectivity index (χ1) is 9.31. The molecular weight excluding hydrogens is 328 g/mol. The molecule has 0 radical (unpaired) electrons. The van der Waals surface area contributed by atoms with E-state index < -0.39 is 0 Å². The number of halogens is 1. The van der Waals surface area contributed by atoms with Gasteiger partial charge in [-0.2, -0.15) is 4.98 Å². The van der Waals surface area contributed by atoms with Crippen molar-refractivity contribution < 1.29 is 0 Å². The van der Waals surface area contributed by atoms with Crippen molar-refractivity contribution in [3.63, 3.8) is 0 Å². The number of aromatic amines is 1. The second kappa shape index (κ2) is 5.45. The van der Waals surface area contributed by atoms with Crippen LogP contribution in [0.2, 0.25) is 0 Å². The summed E-state index contributed by atoms with van der Waals surface area (Å²) >= 11 is 4.57. The van der Waals surface area contributed by atoms with Crippen LogP contribution in [0.25, 0.3) is 11.5 Å². The van der Waals surface area contributed by atoms with Crippen LogP contribution in [0.15, 0.2) is 51.6 Å². The van der Waals surface area contributed by atoms with Crippen molar-refractivity contribution in [2.45, 2.75) is 10.3 Å². The lowest BCUT2D eigenvalue weighted by molar-refractivity contribution is 0.928. The van der Waals surface area contributed by atoms with Crippen LogP contribution in [0.4, 0.5) is 0 Å². The molecule has 3 rings (SSSR count). The van der Waals surface area contributed by atoms with Crippen LogP contribution in [-0.4, -0.2) is 30.1 Å². The molecular formula is C11H7BrN6S. The molecule has 0 saturated carbocycles. The maximum atomic E-state index is 4.34. The quantitative estimate of drug-likeness (QED) is 0.741. The summed E-state index contributed by atoms with van der Waals surface area (Å²) in [6.07, 6.45) is 5.08. The van der Waals surface area contributed by atoms with Crippen LogP contribution in [0.1, 0.15) is 0 Å². The summed E-state index contributed by atoms with van der Waals surface area (Å²) in [4.78, 5) is 16.8. The monoisotopic (exact) mass is 334 g/mol. The van der Waals surface area contributed by atoms with Crippen molar-refractivity contribution in [2.24, 2.45) is 0 Å². The SMILES string of the molecule is Brc1cnc(Sc2n[nH]c(-c3ccccn3)n2)nc1. The van der Waals surface area contributed by atoms with Crippen LogP contribution in [-0.2, 0) is 0 Å². The topological polar surface area (TPSA) is 80.2 Å². The van der Waals surface area contributed by atoms with Crippen molar-refractivity contribution in [3.05, 3.63) is 41.3 Å². The Morgan fingerprint density at radius 2 is 1.89 bits per heavy atom. The molecule has 0 aliphatic rings. The predicted octanol–water partition coefficient (Wildman–Crippen LogP) is 2.57. The fourth-order valence-corrected chi connectivity index (χ4v) is 2.15. The van der Waals surface area contributed by atoms with Gasteiger partial charge in [0.1, 0.15) is 5.69 Å². The van der Waals surface area contributed by atoms with Crippen LogP contribution in [0.3, 0.4) is 0 Å². The Bertz CT molecular complexity index is 669. The molecule has 0 bridgehead atoms. The van der Waals surface area contributed by atoms with E-state index in [2.05, 4.69) is 46.1 Å². The molecule has 0 aliphatic carbocycles. The van der Waals surface area contributed by atoms with E-state index in [0.717, 1.165) is 10.2 Å². The number of nitrogens with one attached hydrogen (secondary N) is 1. The minimum Gasteiger partial charge on any atom is -0.257 e. The zero-order valence-electron chi connectivity index (χ0n) is 9.49. The molecule has 3 heterocycles. The zero-order chi connectivity index (χ0) is 13.1. The van der Waals surface area contributed by atoms with Crippen molar-refractivity contribution in [1.29, 1.82) is 0 Å². The van der Waals surface area contributed by atoms with Gasteiger partial charge in [0.25, 0.3) is 0 Å². The lowest BCUT2D eigenvalue weighted by atomic mass is 10.3. The van der Waals surface area contributed by atoms with Gasteiger partial charge in [-0.15, -0.1) is 5.10 Å². The van der Waals surface area contributed by atoms with E-state index >= 15 is 0 Å². The van der Waals surface area contributed by atoms with E-state index in [1.807, 2.05) is 18.2 Å². The molecule has 0 aliphatic heterocycles. The number of H-pyrrole nitrogens is 1. The van der Waals surface area contributed by atoms with E-state index in [1.165, 1.54) is 11.8 Å². The molecule has 19 heavy (non-hydrogen) atoms. The first-order valence-electron chi connectivity index (χ1n) is 5.30. The number of hydrogen-bond acceptors (Lipinski definition) is 6. The minimum atomic E-state index is 0.558. The average Bonchev–Trinajstić information content (AvgIpc) is 2.91. The fraction of sp³-hybridized carbons (Fsp3) is 0. The van der Waals surface area contributed by atoms with Gasteiger partial charge in [0.15, 0.2) is 11.0 Å². The summed E-state index contributed by atoms with van der Waals surface area (Å²) in [7, 11) is 0. The smallest absolute Gasteiger partial charge is 0.216 e. The van der Waals surface area contributed by atoms with Gasteiger partial charge in [-0.05, 0) is 39.8 Å². The molecule has 94 valence electrons. The molecule has 0 unspecified atom stereocenters. The summed E-state index contributed by atoms with van der Waals surface area (Å²) in [5.41, 5.74) is 0.749. The first-order valence-corrected chi connectivity index (χ1v) is 6.91. The van der Waals surface area contributed by atoms with E-state index in [4.69, 9.17) is 0 Å². The van der Waals surface area contributed by atoms with Crippen molar-refractivity contribution >= 4 is 27.7 Å². The van der Waals surface area contributed by atoms with Crippen LogP contribution >= 0.6 is 27.7 Å². The Kier molecular flexibility index (Phi) is 3.51. The normalized spacial score (nSPS) is 10.6. The molecule has 6 nitrogen and oxygen atoms in total. The molecule has 1 N–H and O–H groups in total. The Morgan fingerprint density at radius 1 is 1.05 bits per heavy atom. The first kappa shape index (κ1) is 12.2. The molecule has 8 heteroatoms. The summed E-state index contributed by atoms with van der Waals surface area (Å²) < 4.78 is 0.834. The molecule has 0 saturated heterocycles. The van der Waals surface area contributed by atoms with Crippen LogP contribution in [0, 0.1) is 0 Å². The minimum absolute atomic E-state index is 0.558. The second-order valence-corrected chi connectivity index (χ2v) is 5.32. The third-order valence-corrected chi connectivity index (χ3v) is 3.32. The third kappa shape index (κ3) is 2.96. The van der Waals surface area contributed by atoms with Gasteiger partial charge in [-0.1, -0.05) is 6.07 Å². The maximum absolute atomic E-state index is 4.34. The van der Waals surface area contributed by atoms with Gasteiger partial charge in [-0.3, -0.25) is 10.1 Å². The number of nitrogens with zero attached hydrogens (tertiary/aromatic N) is 5. The van der Waals surface area contributed by atoms with Gasteiger partial charge < -0.3 is 0 Å². The average molecular weight is 335 g/mol. The molecule has 3 aromatic heterocycles. The van der Waals surface area contributed by atoms with E-state index in [1.54, 1.807) is 18.6 Å². The Labute approximate surface area is 121 Å². The maximum Gasteiger partial charge on any atom is 0.216 e. The predicted molar refractivity (Wildman–Crippen MR) is 73.5 cm³/mol. The number of pyridine rings is 1. The number of aromatic nitrogens is 6. The number of hydrogen-bond donors (Lipinski definition) is 1. The summed E-state index contributed by atoms with van der Waals surface area (Å²) in [6.45, 7) is 0. The molecule has 0 spiro atoms. The summed E-state index contributed by atoms with van der Waals surface area (Å²) in [6, 6.07) is 5.62.